The molecule has 1 heterocycles. The topological polar surface area (TPSA) is 84.6 Å². The maximum Gasteiger partial charge on any atom is 0.219 e. The van der Waals surface area contributed by atoms with E-state index in [4.69, 9.17) is 10.5 Å². The minimum Gasteiger partial charge on any atom is -0.504 e. The van der Waals surface area contributed by atoms with Gasteiger partial charge in [0.05, 0.1) is 0 Å². The fourth-order valence-corrected chi connectivity index (χ4v) is 3.22. The molecule has 3 rings (SSSR count). The van der Waals surface area contributed by atoms with Crippen LogP contribution in [0.3, 0.4) is 0 Å². The standard InChI is InChI=1S/C19H22N2O3/c1-12-3-5-14(6-4-12)24-17-10-15-13(9-16(17)22)7-8-21-19(15,2)11-18(20)23/h3-6,9-10,21-22H,7-8,11H2,1-2H3,(H2,20,23)/t19-/m1/s1. The monoisotopic (exact) mass is 326 g/mol. The first-order valence-corrected chi connectivity index (χ1v) is 8.01. The quantitative estimate of drug-likeness (QED) is 0.806. The number of ether oxygens (including phenoxy) is 1. The Morgan fingerprint density at radius 1 is 1.33 bits per heavy atom. The molecule has 0 aliphatic carbocycles. The molecule has 1 amide bonds. The lowest BCUT2D eigenvalue weighted by Crippen LogP contribution is -2.47. The molecule has 5 heteroatoms. The van der Waals surface area contributed by atoms with Crippen LogP contribution < -0.4 is 15.8 Å². The van der Waals surface area contributed by atoms with E-state index < -0.39 is 5.54 Å². The molecule has 2 aromatic rings. The summed E-state index contributed by atoms with van der Waals surface area (Å²) in [5.41, 5.74) is 7.93. The van der Waals surface area contributed by atoms with E-state index in [1.165, 1.54) is 0 Å². The van der Waals surface area contributed by atoms with Crippen LogP contribution in [0.2, 0.25) is 0 Å². The number of phenolic OH excluding ortho intramolecular Hbond substituents is 1. The lowest BCUT2D eigenvalue weighted by atomic mass is 9.81. The largest absolute Gasteiger partial charge is 0.504 e. The third kappa shape index (κ3) is 3.21. The molecule has 1 aliphatic rings. The molecule has 0 radical (unpaired) electrons. The van der Waals surface area contributed by atoms with E-state index in [9.17, 15) is 9.90 Å². The lowest BCUT2D eigenvalue weighted by Gasteiger charge is -2.36. The molecule has 0 unspecified atom stereocenters. The average molecular weight is 326 g/mol. The van der Waals surface area contributed by atoms with Crippen LogP contribution in [0, 0.1) is 6.92 Å². The van der Waals surface area contributed by atoms with Gasteiger partial charge >= 0.3 is 0 Å². The smallest absolute Gasteiger partial charge is 0.219 e. The number of aromatic hydroxyl groups is 1. The van der Waals surface area contributed by atoms with Crippen LogP contribution in [0.5, 0.6) is 17.2 Å². The predicted molar refractivity (Wildman–Crippen MR) is 92.2 cm³/mol. The summed E-state index contributed by atoms with van der Waals surface area (Å²) in [6.45, 7) is 4.68. The van der Waals surface area contributed by atoms with Crippen LogP contribution in [0.25, 0.3) is 0 Å². The number of nitrogens with one attached hydrogen (secondary N) is 1. The minimum absolute atomic E-state index is 0.0950. The number of rotatable bonds is 4. The van der Waals surface area contributed by atoms with Crippen molar-refractivity contribution in [3.63, 3.8) is 0 Å². The summed E-state index contributed by atoms with van der Waals surface area (Å²) in [5, 5.41) is 13.7. The number of amides is 1. The van der Waals surface area contributed by atoms with Crippen LogP contribution >= 0.6 is 0 Å². The van der Waals surface area contributed by atoms with Crippen molar-refractivity contribution in [2.45, 2.75) is 32.2 Å². The van der Waals surface area contributed by atoms with Gasteiger partial charge < -0.3 is 20.9 Å². The Bertz CT molecular complexity index is 771. The maximum absolute atomic E-state index is 11.5. The van der Waals surface area contributed by atoms with Gasteiger partial charge in [-0.3, -0.25) is 4.79 Å². The van der Waals surface area contributed by atoms with Gasteiger partial charge in [-0.25, -0.2) is 0 Å². The SMILES string of the molecule is Cc1ccc(Oc2cc3c(cc2O)CCN[C@]3(C)CC(N)=O)cc1. The van der Waals surface area contributed by atoms with E-state index in [1.807, 2.05) is 38.1 Å². The van der Waals surface area contributed by atoms with E-state index in [0.29, 0.717) is 11.5 Å². The van der Waals surface area contributed by atoms with Crippen LogP contribution in [0.1, 0.15) is 30.0 Å². The number of fused-ring (bicyclic) bond motifs is 1. The Hall–Kier alpha value is -2.53. The zero-order chi connectivity index (χ0) is 17.3. The van der Waals surface area contributed by atoms with Gasteiger partial charge in [-0.15, -0.1) is 0 Å². The zero-order valence-corrected chi connectivity index (χ0v) is 13.9. The van der Waals surface area contributed by atoms with Crippen molar-refractivity contribution >= 4 is 5.91 Å². The minimum atomic E-state index is -0.557. The highest BCUT2D eigenvalue weighted by Crippen LogP contribution is 2.40. The van der Waals surface area contributed by atoms with Crippen molar-refractivity contribution in [3.05, 3.63) is 53.1 Å². The number of carbonyl (C=O) groups is 1. The Balaban J connectivity index is 1.99. The van der Waals surface area contributed by atoms with Crippen LogP contribution in [-0.4, -0.2) is 17.6 Å². The number of carbonyl (C=O) groups excluding carboxylic acids is 1. The van der Waals surface area contributed by atoms with Gasteiger partial charge in [0.15, 0.2) is 11.5 Å². The molecule has 0 saturated carbocycles. The number of nitrogens with two attached hydrogens (primary N) is 1. The molecule has 1 aliphatic heterocycles. The second-order valence-electron chi connectivity index (χ2n) is 6.54. The van der Waals surface area contributed by atoms with Crippen molar-refractivity contribution in [1.29, 1.82) is 0 Å². The number of benzene rings is 2. The fourth-order valence-electron chi connectivity index (χ4n) is 3.22. The molecular weight excluding hydrogens is 304 g/mol. The van der Waals surface area contributed by atoms with Gasteiger partial charge in [-0.05, 0) is 55.7 Å². The number of aryl methyl sites for hydroxylation is 1. The second kappa shape index (κ2) is 6.17. The van der Waals surface area contributed by atoms with Crippen molar-refractivity contribution < 1.29 is 14.6 Å². The van der Waals surface area contributed by atoms with Gasteiger partial charge in [0.25, 0.3) is 0 Å². The van der Waals surface area contributed by atoms with Crippen molar-refractivity contribution in [2.75, 3.05) is 6.54 Å². The summed E-state index contributed by atoms with van der Waals surface area (Å²) in [7, 11) is 0. The molecule has 126 valence electrons. The highest BCUT2D eigenvalue weighted by Gasteiger charge is 2.34. The van der Waals surface area contributed by atoms with Crippen molar-refractivity contribution in [3.8, 4) is 17.2 Å². The second-order valence-corrected chi connectivity index (χ2v) is 6.54. The molecule has 0 spiro atoms. The summed E-state index contributed by atoms with van der Waals surface area (Å²) < 4.78 is 5.83. The molecule has 5 nitrogen and oxygen atoms in total. The zero-order valence-electron chi connectivity index (χ0n) is 13.9. The molecule has 0 aromatic heterocycles. The van der Waals surface area contributed by atoms with Crippen molar-refractivity contribution in [2.24, 2.45) is 5.73 Å². The summed E-state index contributed by atoms with van der Waals surface area (Å²) in [5.74, 6) is 0.748. The fraction of sp³-hybridized carbons (Fsp3) is 0.316. The highest BCUT2D eigenvalue weighted by atomic mass is 16.5. The number of primary amides is 1. The first kappa shape index (κ1) is 16.3. The van der Waals surface area contributed by atoms with E-state index in [2.05, 4.69) is 5.32 Å². The summed E-state index contributed by atoms with van der Waals surface area (Å²) in [4.78, 5) is 11.5. The highest BCUT2D eigenvalue weighted by molar-refractivity contribution is 5.75. The predicted octanol–water partition coefficient (Wildman–Crippen LogP) is 2.73. The van der Waals surface area contributed by atoms with Gasteiger partial charge in [-0.1, -0.05) is 17.7 Å². The van der Waals surface area contributed by atoms with Crippen molar-refractivity contribution in [1.82, 2.24) is 5.32 Å². The first-order chi connectivity index (χ1) is 11.4. The number of hydrogen-bond acceptors (Lipinski definition) is 4. The summed E-state index contributed by atoms with van der Waals surface area (Å²) in [6, 6.07) is 11.1. The molecule has 24 heavy (non-hydrogen) atoms. The molecular formula is C19H22N2O3. The van der Waals surface area contributed by atoms with Gasteiger partial charge in [0.1, 0.15) is 5.75 Å². The Morgan fingerprint density at radius 3 is 2.71 bits per heavy atom. The molecule has 0 bridgehead atoms. The lowest BCUT2D eigenvalue weighted by molar-refractivity contribution is -0.119. The first-order valence-electron chi connectivity index (χ1n) is 8.01. The normalized spacial score (nSPS) is 19.6. The third-order valence-electron chi connectivity index (χ3n) is 4.47. The molecule has 1 atom stereocenters. The summed E-state index contributed by atoms with van der Waals surface area (Å²) in [6.07, 6.45) is 0.969. The molecule has 4 N–H and O–H groups in total. The Kier molecular flexibility index (Phi) is 4.20. The van der Waals surface area contributed by atoms with Crippen LogP contribution in [-0.2, 0) is 16.8 Å². The molecule has 0 saturated heterocycles. The summed E-state index contributed by atoms with van der Waals surface area (Å²) >= 11 is 0. The van der Waals surface area contributed by atoms with Gasteiger partial charge in [-0.2, -0.15) is 0 Å². The van der Waals surface area contributed by atoms with Gasteiger partial charge in [0, 0.05) is 18.5 Å². The van der Waals surface area contributed by atoms with E-state index >= 15 is 0 Å². The average Bonchev–Trinajstić information content (AvgIpc) is 2.50. The van der Waals surface area contributed by atoms with Crippen LogP contribution in [0.15, 0.2) is 36.4 Å². The molecule has 2 aromatic carbocycles. The number of hydrogen-bond donors (Lipinski definition) is 3. The van der Waals surface area contributed by atoms with Gasteiger partial charge in [0.2, 0.25) is 5.91 Å². The third-order valence-corrected chi connectivity index (χ3v) is 4.47. The number of phenols is 1. The van der Waals surface area contributed by atoms with E-state index in [1.54, 1.807) is 12.1 Å². The van der Waals surface area contributed by atoms with E-state index in [0.717, 1.165) is 29.7 Å². The molecule has 0 fully saturated rings. The Morgan fingerprint density at radius 2 is 2.04 bits per heavy atom. The Labute approximate surface area is 141 Å². The van der Waals surface area contributed by atoms with Crippen LogP contribution in [0.4, 0.5) is 0 Å². The van der Waals surface area contributed by atoms with E-state index in [-0.39, 0.29) is 18.1 Å². The maximum atomic E-state index is 11.5.